The summed E-state index contributed by atoms with van der Waals surface area (Å²) in [7, 11) is 0. The van der Waals surface area contributed by atoms with Crippen LogP contribution in [0, 0.1) is 6.92 Å². The van der Waals surface area contributed by atoms with Crippen LogP contribution in [0.5, 0.6) is 0 Å². The minimum Gasteiger partial charge on any atom is -0.439 e. The highest BCUT2D eigenvalue weighted by Gasteiger charge is 2.34. The van der Waals surface area contributed by atoms with E-state index in [9.17, 15) is 14.4 Å². The van der Waals surface area contributed by atoms with Crippen LogP contribution in [0.25, 0.3) is 0 Å². The van der Waals surface area contributed by atoms with E-state index in [0.717, 1.165) is 22.0 Å². The monoisotopic (exact) mass is 346 g/mol. The summed E-state index contributed by atoms with van der Waals surface area (Å²) in [5.74, 6) is -0.776. The SMILES string of the molecule is Cc1nnsc1C(=O)NC(CN1C(=O)COC1=O)c1ccccc1. The van der Waals surface area contributed by atoms with E-state index in [1.807, 2.05) is 30.3 Å². The molecule has 0 aliphatic carbocycles. The second-order valence-corrected chi connectivity index (χ2v) is 5.94. The molecule has 1 aliphatic heterocycles. The van der Waals surface area contributed by atoms with Crippen LogP contribution in [0.4, 0.5) is 4.79 Å². The number of nitrogens with one attached hydrogen (secondary N) is 1. The number of imide groups is 1. The number of amides is 3. The minimum atomic E-state index is -0.703. The molecule has 1 N–H and O–H groups in total. The fourth-order valence-corrected chi connectivity index (χ4v) is 2.88. The van der Waals surface area contributed by atoms with Crippen molar-refractivity contribution in [3.63, 3.8) is 0 Å². The van der Waals surface area contributed by atoms with Crippen LogP contribution >= 0.6 is 11.5 Å². The summed E-state index contributed by atoms with van der Waals surface area (Å²) in [6.45, 7) is 1.42. The van der Waals surface area contributed by atoms with E-state index < -0.39 is 18.0 Å². The smallest absolute Gasteiger partial charge is 0.417 e. The zero-order chi connectivity index (χ0) is 17.1. The van der Waals surface area contributed by atoms with Crippen molar-refractivity contribution in [2.75, 3.05) is 13.2 Å². The average molecular weight is 346 g/mol. The standard InChI is InChI=1S/C15H14N4O4S/c1-9-13(24-18-17-9)14(21)16-11(10-5-3-2-4-6-10)7-19-12(20)8-23-15(19)22/h2-6,11H,7-8H2,1H3,(H,16,21). The van der Waals surface area contributed by atoms with Crippen molar-refractivity contribution in [3.05, 3.63) is 46.5 Å². The number of ether oxygens (including phenoxy) is 1. The Bertz CT molecular complexity index is 761. The van der Waals surface area contributed by atoms with Crippen LogP contribution in [-0.2, 0) is 9.53 Å². The van der Waals surface area contributed by atoms with Gasteiger partial charge in [-0.15, -0.1) is 5.10 Å². The van der Waals surface area contributed by atoms with Crippen molar-refractivity contribution < 1.29 is 19.1 Å². The van der Waals surface area contributed by atoms with Gasteiger partial charge in [0, 0.05) is 0 Å². The number of hydrogen-bond acceptors (Lipinski definition) is 7. The van der Waals surface area contributed by atoms with E-state index in [0.29, 0.717) is 10.6 Å². The van der Waals surface area contributed by atoms with E-state index in [1.165, 1.54) is 0 Å². The third kappa shape index (κ3) is 3.25. The van der Waals surface area contributed by atoms with Gasteiger partial charge in [-0.1, -0.05) is 34.8 Å². The van der Waals surface area contributed by atoms with Crippen LogP contribution in [0.15, 0.2) is 30.3 Å². The normalized spacial score (nSPS) is 15.3. The second kappa shape index (κ2) is 6.75. The molecule has 8 nitrogen and oxygen atoms in total. The topological polar surface area (TPSA) is 101 Å². The van der Waals surface area contributed by atoms with E-state index in [1.54, 1.807) is 6.92 Å². The molecule has 2 aromatic rings. The predicted molar refractivity (Wildman–Crippen MR) is 84.4 cm³/mol. The van der Waals surface area contributed by atoms with Crippen molar-refractivity contribution >= 4 is 29.4 Å². The van der Waals surface area contributed by atoms with Gasteiger partial charge in [-0.25, -0.2) is 9.69 Å². The highest BCUT2D eigenvalue weighted by atomic mass is 32.1. The van der Waals surface area contributed by atoms with E-state index in [-0.39, 0.29) is 19.1 Å². The summed E-state index contributed by atoms with van der Waals surface area (Å²) < 4.78 is 8.46. The molecule has 1 fully saturated rings. The lowest BCUT2D eigenvalue weighted by Gasteiger charge is -2.22. The number of rotatable bonds is 5. The molecule has 2 heterocycles. The van der Waals surface area contributed by atoms with E-state index >= 15 is 0 Å². The third-order valence-corrected chi connectivity index (χ3v) is 4.40. The maximum Gasteiger partial charge on any atom is 0.417 e. The number of aryl methyl sites for hydroxylation is 1. The molecule has 0 bridgehead atoms. The van der Waals surface area contributed by atoms with Crippen LogP contribution in [-0.4, -0.2) is 45.5 Å². The molecule has 0 spiro atoms. The Morgan fingerprint density at radius 2 is 2.12 bits per heavy atom. The lowest BCUT2D eigenvalue weighted by atomic mass is 10.1. The van der Waals surface area contributed by atoms with Gasteiger partial charge in [0.1, 0.15) is 4.88 Å². The van der Waals surface area contributed by atoms with E-state index in [4.69, 9.17) is 4.74 Å². The zero-order valence-corrected chi connectivity index (χ0v) is 13.6. The molecule has 124 valence electrons. The number of hydrogen-bond donors (Lipinski definition) is 1. The molecule has 1 aliphatic rings. The molecule has 1 saturated heterocycles. The molecule has 24 heavy (non-hydrogen) atoms. The summed E-state index contributed by atoms with van der Waals surface area (Å²) in [6, 6.07) is 8.55. The fraction of sp³-hybridized carbons (Fsp3) is 0.267. The number of aromatic nitrogens is 2. The van der Waals surface area contributed by atoms with Crippen LogP contribution < -0.4 is 5.32 Å². The van der Waals surface area contributed by atoms with Crippen molar-refractivity contribution in [2.45, 2.75) is 13.0 Å². The first-order valence-corrected chi connectivity index (χ1v) is 7.95. The van der Waals surface area contributed by atoms with Crippen LogP contribution in [0.3, 0.4) is 0 Å². The molecule has 1 aromatic carbocycles. The van der Waals surface area contributed by atoms with Gasteiger partial charge in [0.2, 0.25) is 0 Å². The van der Waals surface area contributed by atoms with Gasteiger partial charge in [-0.2, -0.15) is 0 Å². The molecule has 9 heteroatoms. The van der Waals surface area contributed by atoms with Crippen molar-refractivity contribution in [2.24, 2.45) is 0 Å². The van der Waals surface area contributed by atoms with E-state index in [2.05, 4.69) is 14.9 Å². The van der Waals surface area contributed by atoms with Gasteiger partial charge in [0.25, 0.3) is 11.8 Å². The Hall–Kier alpha value is -2.81. The van der Waals surface area contributed by atoms with Gasteiger partial charge in [-0.3, -0.25) is 9.59 Å². The van der Waals surface area contributed by atoms with Gasteiger partial charge < -0.3 is 10.1 Å². The lowest BCUT2D eigenvalue weighted by Crippen LogP contribution is -2.40. The molecule has 1 atom stereocenters. The maximum atomic E-state index is 12.4. The Balaban J connectivity index is 1.83. The number of nitrogens with zero attached hydrogens (tertiary/aromatic N) is 3. The van der Waals surface area contributed by atoms with Crippen molar-refractivity contribution in [1.82, 2.24) is 19.8 Å². The number of carbonyl (C=O) groups excluding carboxylic acids is 3. The Morgan fingerprint density at radius 1 is 1.38 bits per heavy atom. The quantitative estimate of drug-likeness (QED) is 0.875. The first-order valence-electron chi connectivity index (χ1n) is 7.18. The van der Waals surface area contributed by atoms with Crippen LogP contribution in [0.1, 0.15) is 27.0 Å². The Kier molecular flexibility index (Phi) is 4.52. The summed E-state index contributed by atoms with van der Waals surface area (Å²) in [4.78, 5) is 37.3. The predicted octanol–water partition coefficient (Wildman–Crippen LogP) is 1.30. The van der Waals surface area contributed by atoms with Gasteiger partial charge in [0.05, 0.1) is 18.3 Å². The average Bonchev–Trinajstić information content (AvgIpc) is 3.15. The molecular formula is C15H14N4O4S. The molecule has 0 saturated carbocycles. The number of carbonyl (C=O) groups is 3. The highest BCUT2D eigenvalue weighted by Crippen LogP contribution is 2.19. The number of cyclic esters (lactones) is 1. The zero-order valence-electron chi connectivity index (χ0n) is 12.8. The molecule has 3 rings (SSSR count). The lowest BCUT2D eigenvalue weighted by molar-refractivity contribution is -0.126. The third-order valence-electron chi connectivity index (χ3n) is 3.57. The van der Waals surface area contributed by atoms with Gasteiger partial charge in [0.15, 0.2) is 6.61 Å². The molecule has 3 amide bonds. The highest BCUT2D eigenvalue weighted by molar-refractivity contribution is 7.08. The Morgan fingerprint density at radius 3 is 2.71 bits per heavy atom. The first-order chi connectivity index (χ1) is 11.6. The molecular weight excluding hydrogens is 332 g/mol. The Labute approximate surface area is 141 Å². The molecule has 1 unspecified atom stereocenters. The summed E-state index contributed by atoms with van der Waals surface area (Å²) >= 11 is 0.993. The maximum absolute atomic E-state index is 12.4. The van der Waals surface area contributed by atoms with Crippen molar-refractivity contribution in [3.8, 4) is 0 Å². The summed E-state index contributed by atoms with van der Waals surface area (Å²) in [5, 5.41) is 6.65. The second-order valence-electron chi connectivity index (χ2n) is 5.18. The minimum absolute atomic E-state index is 0.00129. The number of benzene rings is 1. The van der Waals surface area contributed by atoms with Crippen LogP contribution in [0.2, 0.25) is 0 Å². The fourth-order valence-electron chi connectivity index (χ4n) is 2.32. The van der Waals surface area contributed by atoms with Gasteiger partial charge >= 0.3 is 6.09 Å². The largest absolute Gasteiger partial charge is 0.439 e. The summed E-state index contributed by atoms with van der Waals surface area (Å²) in [6.07, 6.45) is -0.703. The summed E-state index contributed by atoms with van der Waals surface area (Å²) in [5.41, 5.74) is 1.30. The first kappa shape index (κ1) is 16.1. The van der Waals surface area contributed by atoms with Gasteiger partial charge in [-0.05, 0) is 24.0 Å². The molecule has 0 radical (unpaired) electrons. The molecule has 1 aromatic heterocycles. The van der Waals surface area contributed by atoms with Crippen molar-refractivity contribution in [1.29, 1.82) is 0 Å².